The zero-order chi connectivity index (χ0) is 24.8. The average molecular weight is 473 g/mol. The lowest BCUT2D eigenvalue weighted by Crippen LogP contribution is -2.30. The van der Waals surface area contributed by atoms with Gasteiger partial charge in [-0.15, -0.1) is 5.10 Å². The summed E-state index contributed by atoms with van der Waals surface area (Å²) in [7, 11) is 4.51. The Hall–Kier alpha value is -4.60. The van der Waals surface area contributed by atoms with E-state index in [1.165, 1.54) is 27.4 Å². The maximum atomic E-state index is 12.9. The van der Waals surface area contributed by atoms with Crippen molar-refractivity contribution in [1.29, 1.82) is 0 Å². The maximum Gasteiger partial charge on any atom is 0.251 e. The normalized spacial score (nSPS) is 14.0. The highest BCUT2D eigenvalue weighted by Gasteiger charge is 2.16. The van der Waals surface area contributed by atoms with Crippen LogP contribution in [0.25, 0.3) is 11.3 Å². The van der Waals surface area contributed by atoms with Crippen LogP contribution in [0.2, 0.25) is 0 Å². The number of hydrogen-bond acceptors (Lipinski definition) is 9. The molecule has 0 aliphatic carbocycles. The summed E-state index contributed by atoms with van der Waals surface area (Å²) in [5.74, 6) is 0.607. The Bertz CT molecular complexity index is 1290. The van der Waals surface area contributed by atoms with Crippen molar-refractivity contribution < 1.29 is 23.8 Å². The molecule has 1 aromatic heterocycles. The Balaban J connectivity index is 1.49. The first-order chi connectivity index (χ1) is 17.0. The molecule has 3 aromatic rings. The summed E-state index contributed by atoms with van der Waals surface area (Å²) < 4.78 is 15.8. The molecule has 4 rings (SSSR count). The van der Waals surface area contributed by atoms with Crippen LogP contribution in [0.3, 0.4) is 0 Å². The highest BCUT2D eigenvalue weighted by Crippen LogP contribution is 2.28. The summed E-state index contributed by atoms with van der Waals surface area (Å²) in [6.45, 7) is -0.238. The molecule has 1 atom stereocenters. The molecule has 1 aliphatic heterocycles. The third-order valence-electron chi connectivity index (χ3n) is 5.36. The van der Waals surface area contributed by atoms with Crippen LogP contribution in [-0.2, 0) is 0 Å². The summed E-state index contributed by atoms with van der Waals surface area (Å²) in [6, 6.07) is 15.4. The minimum absolute atomic E-state index is 0.174. The molecule has 1 aliphatic rings. The fourth-order valence-corrected chi connectivity index (χ4v) is 3.46. The van der Waals surface area contributed by atoms with Gasteiger partial charge in [0.25, 0.3) is 5.91 Å². The number of ketones is 1. The third kappa shape index (κ3) is 5.32. The second kappa shape index (κ2) is 10.6. The summed E-state index contributed by atoms with van der Waals surface area (Å²) in [5, 5.41) is 14.0. The van der Waals surface area contributed by atoms with Crippen molar-refractivity contribution in [2.75, 3.05) is 27.9 Å². The number of carbonyl (C=O) groups is 2. The molecule has 10 nitrogen and oxygen atoms in total. The van der Waals surface area contributed by atoms with Gasteiger partial charge in [0.1, 0.15) is 17.5 Å². The van der Waals surface area contributed by atoms with Crippen LogP contribution in [0.4, 0.5) is 0 Å². The van der Waals surface area contributed by atoms with Gasteiger partial charge in [-0.05, 0) is 29.0 Å². The van der Waals surface area contributed by atoms with Crippen molar-refractivity contribution >= 4 is 17.9 Å². The van der Waals surface area contributed by atoms with Crippen LogP contribution in [0.15, 0.2) is 70.0 Å². The lowest BCUT2D eigenvalue weighted by Gasteiger charge is -2.11. The SMILES string of the molecule is COc1cc(C(=O)CNC(=O)c2ccc(OC)c(OC)c2)nc(-c2ccc(C3C=NN=N3)cc2)c1. The molecule has 178 valence electrons. The van der Waals surface area contributed by atoms with E-state index in [4.69, 9.17) is 14.2 Å². The zero-order valence-electron chi connectivity index (χ0n) is 19.4. The van der Waals surface area contributed by atoms with E-state index in [1.54, 1.807) is 30.5 Å². The number of Topliss-reactive ketones (excluding diaryl/α,β-unsaturated/α-hetero) is 1. The van der Waals surface area contributed by atoms with E-state index >= 15 is 0 Å². The number of nitrogens with one attached hydrogen (secondary N) is 1. The Labute approximate surface area is 201 Å². The summed E-state index contributed by atoms with van der Waals surface area (Å²) >= 11 is 0. The number of ether oxygens (including phenoxy) is 3. The number of rotatable bonds is 9. The predicted octanol–water partition coefficient (Wildman–Crippen LogP) is 3.88. The van der Waals surface area contributed by atoms with Crippen LogP contribution in [-0.4, -0.2) is 50.8 Å². The monoisotopic (exact) mass is 473 g/mol. The first-order valence-electron chi connectivity index (χ1n) is 10.7. The lowest BCUT2D eigenvalue weighted by molar-refractivity contribution is 0.0902. The van der Waals surface area contributed by atoms with E-state index in [-0.39, 0.29) is 24.1 Å². The van der Waals surface area contributed by atoms with Gasteiger partial charge in [-0.1, -0.05) is 24.3 Å². The molecule has 0 saturated heterocycles. The molecule has 35 heavy (non-hydrogen) atoms. The van der Waals surface area contributed by atoms with E-state index in [2.05, 4.69) is 25.7 Å². The number of pyridine rings is 1. The van der Waals surface area contributed by atoms with Crippen LogP contribution in [0.1, 0.15) is 32.5 Å². The van der Waals surface area contributed by atoms with Gasteiger partial charge in [-0.25, -0.2) is 4.98 Å². The molecular weight excluding hydrogens is 450 g/mol. The van der Waals surface area contributed by atoms with E-state index in [0.717, 1.165) is 11.1 Å². The van der Waals surface area contributed by atoms with Crippen molar-refractivity contribution in [3.8, 4) is 28.5 Å². The predicted molar refractivity (Wildman–Crippen MR) is 129 cm³/mol. The second-order valence-electron chi connectivity index (χ2n) is 7.49. The standard InChI is InChI=1S/C25H23N5O5/c1-33-18-11-19(15-4-6-16(7-5-15)21-13-27-30-29-21)28-20(12-18)22(31)14-26-25(32)17-8-9-23(34-2)24(10-17)35-3/h4-13,21H,14H2,1-3H3,(H,26,32). The molecule has 0 fully saturated rings. The first kappa shape index (κ1) is 23.6. The smallest absolute Gasteiger partial charge is 0.251 e. The van der Waals surface area contributed by atoms with Crippen molar-refractivity contribution in [3.05, 3.63) is 71.4 Å². The molecule has 2 heterocycles. The van der Waals surface area contributed by atoms with Crippen LogP contribution in [0, 0.1) is 0 Å². The molecule has 0 radical (unpaired) electrons. The zero-order valence-corrected chi connectivity index (χ0v) is 19.4. The quantitative estimate of drug-likeness (QED) is 0.471. The number of aromatic nitrogens is 1. The van der Waals surface area contributed by atoms with E-state index < -0.39 is 5.91 Å². The van der Waals surface area contributed by atoms with Gasteiger partial charge in [0.15, 0.2) is 17.3 Å². The molecule has 0 saturated carbocycles. The van der Waals surface area contributed by atoms with E-state index in [0.29, 0.717) is 28.5 Å². The van der Waals surface area contributed by atoms with Crippen LogP contribution < -0.4 is 19.5 Å². The fourth-order valence-electron chi connectivity index (χ4n) is 3.46. The minimum atomic E-state index is -0.425. The number of methoxy groups -OCH3 is 3. The third-order valence-corrected chi connectivity index (χ3v) is 5.36. The Morgan fingerprint density at radius 3 is 2.34 bits per heavy atom. The highest BCUT2D eigenvalue weighted by atomic mass is 16.5. The summed E-state index contributed by atoms with van der Waals surface area (Å²) in [5.41, 5.74) is 2.81. The lowest BCUT2D eigenvalue weighted by atomic mass is 10.0. The van der Waals surface area contributed by atoms with Gasteiger partial charge in [0, 0.05) is 23.3 Å². The van der Waals surface area contributed by atoms with Gasteiger partial charge in [-0.2, -0.15) is 5.11 Å². The largest absolute Gasteiger partial charge is 0.497 e. The number of carbonyl (C=O) groups excluding carboxylic acids is 2. The van der Waals surface area contributed by atoms with Gasteiger partial charge in [0.05, 0.1) is 39.8 Å². The van der Waals surface area contributed by atoms with Crippen molar-refractivity contribution in [2.45, 2.75) is 6.04 Å². The molecule has 2 aromatic carbocycles. The average Bonchev–Trinajstić information content (AvgIpc) is 3.46. The van der Waals surface area contributed by atoms with Gasteiger partial charge in [0.2, 0.25) is 0 Å². The van der Waals surface area contributed by atoms with Crippen molar-refractivity contribution in [2.24, 2.45) is 15.4 Å². The molecule has 1 amide bonds. The number of benzene rings is 2. The summed E-state index contributed by atoms with van der Waals surface area (Å²) in [6.07, 6.45) is 1.66. The van der Waals surface area contributed by atoms with Gasteiger partial charge < -0.3 is 19.5 Å². The Kier molecular flexibility index (Phi) is 7.10. The Morgan fingerprint density at radius 2 is 1.69 bits per heavy atom. The maximum absolute atomic E-state index is 12.9. The van der Waals surface area contributed by atoms with Crippen LogP contribution in [0.5, 0.6) is 17.2 Å². The first-order valence-corrected chi connectivity index (χ1v) is 10.7. The number of nitrogens with zero attached hydrogens (tertiary/aromatic N) is 4. The molecular formula is C25H23N5O5. The number of amides is 1. The number of hydrogen-bond donors (Lipinski definition) is 1. The molecule has 1 unspecified atom stereocenters. The molecule has 1 N–H and O–H groups in total. The Morgan fingerprint density at radius 1 is 0.914 bits per heavy atom. The fraction of sp³-hybridized carbons (Fsp3) is 0.200. The molecule has 10 heteroatoms. The molecule has 0 bridgehead atoms. The van der Waals surface area contributed by atoms with E-state index in [9.17, 15) is 9.59 Å². The van der Waals surface area contributed by atoms with E-state index in [1.807, 2.05) is 24.3 Å². The molecule has 0 spiro atoms. The topological polar surface area (TPSA) is 124 Å². The minimum Gasteiger partial charge on any atom is -0.497 e. The summed E-state index contributed by atoms with van der Waals surface area (Å²) in [4.78, 5) is 29.9. The van der Waals surface area contributed by atoms with Gasteiger partial charge >= 0.3 is 0 Å². The van der Waals surface area contributed by atoms with Gasteiger partial charge in [-0.3, -0.25) is 9.59 Å². The van der Waals surface area contributed by atoms with Crippen molar-refractivity contribution in [3.63, 3.8) is 0 Å². The highest BCUT2D eigenvalue weighted by molar-refractivity contribution is 6.01. The van der Waals surface area contributed by atoms with Crippen LogP contribution >= 0.6 is 0 Å². The second-order valence-corrected chi connectivity index (χ2v) is 7.49. The van der Waals surface area contributed by atoms with Crippen molar-refractivity contribution in [1.82, 2.24) is 10.3 Å².